The smallest absolute Gasteiger partial charge is 0.225 e. The van der Waals surface area contributed by atoms with Gasteiger partial charge in [-0.05, 0) is 31.5 Å². The van der Waals surface area contributed by atoms with Crippen molar-refractivity contribution in [1.29, 1.82) is 0 Å². The van der Waals surface area contributed by atoms with E-state index in [-0.39, 0.29) is 11.8 Å². The number of anilines is 1. The van der Waals surface area contributed by atoms with Gasteiger partial charge in [-0.1, -0.05) is 12.1 Å². The van der Waals surface area contributed by atoms with E-state index in [1.54, 1.807) is 14.2 Å². The molecule has 0 aliphatic carbocycles. The lowest BCUT2D eigenvalue weighted by Gasteiger charge is -2.29. The third-order valence-corrected chi connectivity index (χ3v) is 4.56. The van der Waals surface area contributed by atoms with Crippen molar-refractivity contribution in [1.82, 2.24) is 0 Å². The van der Waals surface area contributed by atoms with Crippen LogP contribution < -0.4 is 24.3 Å². The van der Waals surface area contributed by atoms with E-state index in [2.05, 4.69) is 5.32 Å². The van der Waals surface area contributed by atoms with Crippen LogP contribution in [0.1, 0.15) is 37.3 Å². The van der Waals surface area contributed by atoms with Crippen LogP contribution in [0.2, 0.25) is 0 Å². The van der Waals surface area contributed by atoms with Gasteiger partial charge in [-0.3, -0.25) is 4.79 Å². The number of methoxy groups -OCH3 is 2. The third-order valence-electron chi connectivity index (χ3n) is 4.56. The lowest BCUT2D eigenvalue weighted by Crippen LogP contribution is -2.24. The number of para-hydroxylation sites is 1. The van der Waals surface area contributed by atoms with Crippen LogP contribution in [0, 0.1) is 0 Å². The molecule has 0 aromatic heterocycles. The van der Waals surface area contributed by atoms with E-state index in [9.17, 15) is 4.79 Å². The van der Waals surface area contributed by atoms with E-state index in [1.165, 1.54) is 0 Å². The molecule has 1 aliphatic rings. The molecule has 0 saturated carbocycles. The van der Waals surface area contributed by atoms with Crippen LogP contribution in [-0.2, 0) is 4.79 Å². The second-order valence-electron chi connectivity index (χ2n) is 6.14. The van der Waals surface area contributed by atoms with Crippen LogP contribution in [0.4, 0.5) is 5.69 Å². The molecule has 1 heterocycles. The fourth-order valence-corrected chi connectivity index (χ4v) is 3.47. The lowest BCUT2D eigenvalue weighted by atomic mass is 9.84. The minimum Gasteiger partial charge on any atom is -0.493 e. The third kappa shape index (κ3) is 3.65. The van der Waals surface area contributed by atoms with Crippen molar-refractivity contribution in [3.05, 3.63) is 41.5 Å². The number of carbonyl (C=O) groups excluding carboxylic acids is 1. The minimum absolute atomic E-state index is 0.0519. The zero-order valence-corrected chi connectivity index (χ0v) is 16.1. The molecule has 1 atom stereocenters. The van der Waals surface area contributed by atoms with Crippen molar-refractivity contribution in [2.45, 2.75) is 26.2 Å². The summed E-state index contributed by atoms with van der Waals surface area (Å²) in [5.74, 6) is 2.34. The Morgan fingerprint density at radius 3 is 2.30 bits per heavy atom. The molecule has 2 aromatic rings. The molecular weight excluding hydrogens is 346 g/mol. The maximum Gasteiger partial charge on any atom is 0.225 e. The molecular formula is C21H25NO5. The monoisotopic (exact) mass is 371 g/mol. The summed E-state index contributed by atoms with van der Waals surface area (Å²) in [5.41, 5.74) is 2.60. The molecule has 0 spiro atoms. The summed E-state index contributed by atoms with van der Waals surface area (Å²) in [7, 11) is 3.21. The van der Waals surface area contributed by atoms with Gasteiger partial charge in [0, 0.05) is 29.7 Å². The van der Waals surface area contributed by atoms with Crippen LogP contribution in [0.5, 0.6) is 23.0 Å². The van der Waals surface area contributed by atoms with Gasteiger partial charge < -0.3 is 24.3 Å². The summed E-state index contributed by atoms with van der Waals surface area (Å²) in [6.07, 6.45) is 0.316. The average molecular weight is 371 g/mol. The molecule has 1 aliphatic heterocycles. The van der Waals surface area contributed by atoms with Crippen LogP contribution in [0.15, 0.2) is 30.3 Å². The van der Waals surface area contributed by atoms with Gasteiger partial charge in [-0.15, -0.1) is 0 Å². The molecule has 27 heavy (non-hydrogen) atoms. The molecule has 1 amide bonds. The highest BCUT2D eigenvalue weighted by Gasteiger charge is 2.31. The van der Waals surface area contributed by atoms with Gasteiger partial charge in [0.1, 0.15) is 0 Å². The highest BCUT2D eigenvalue weighted by Crippen LogP contribution is 2.47. The number of nitrogens with one attached hydrogen (secondary N) is 1. The lowest BCUT2D eigenvalue weighted by molar-refractivity contribution is -0.116. The molecule has 2 aromatic carbocycles. The highest BCUT2D eigenvalue weighted by molar-refractivity contribution is 5.96. The zero-order valence-electron chi connectivity index (χ0n) is 16.1. The predicted molar refractivity (Wildman–Crippen MR) is 103 cm³/mol. The van der Waals surface area contributed by atoms with Gasteiger partial charge >= 0.3 is 0 Å². The first kappa shape index (κ1) is 18.9. The topological polar surface area (TPSA) is 66.0 Å². The summed E-state index contributed by atoms with van der Waals surface area (Å²) >= 11 is 0. The Kier molecular flexibility index (Phi) is 5.74. The van der Waals surface area contributed by atoms with E-state index in [0.717, 1.165) is 16.8 Å². The first-order valence-electron chi connectivity index (χ1n) is 9.07. The van der Waals surface area contributed by atoms with Crippen molar-refractivity contribution < 1.29 is 23.7 Å². The summed E-state index contributed by atoms with van der Waals surface area (Å²) in [6.45, 7) is 4.88. The van der Waals surface area contributed by atoms with Crippen molar-refractivity contribution in [2.24, 2.45) is 0 Å². The molecule has 0 radical (unpaired) electrons. The van der Waals surface area contributed by atoms with E-state index in [1.807, 2.05) is 44.2 Å². The zero-order chi connectivity index (χ0) is 19.4. The Labute approximate surface area is 159 Å². The first-order valence-corrected chi connectivity index (χ1v) is 9.07. The minimum atomic E-state index is -0.173. The number of benzene rings is 2. The van der Waals surface area contributed by atoms with Gasteiger partial charge in [-0.25, -0.2) is 0 Å². The van der Waals surface area contributed by atoms with Crippen molar-refractivity contribution in [2.75, 3.05) is 32.8 Å². The van der Waals surface area contributed by atoms with Crippen molar-refractivity contribution >= 4 is 11.6 Å². The molecule has 0 unspecified atom stereocenters. The van der Waals surface area contributed by atoms with Crippen LogP contribution in [0.3, 0.4) is 0 Å². The maximum atomic E-state index is 12.4. The van der Waals surface area contributed by atoms with E-state index in [0.29, 0.717) is 42.6 Å². The normalized spacial score (nSPS) is 15.6. The van der Waals surface area contributed by atoms with Gasteiger partial charge in [0.2, 0.25) is 5.91 Å². The first-order chi connectivity index (χ1) is 13.1. The number of amides is 1. The van der Waals surface area contributed by atoms with Crippen molar-refractivity contribution in [3.8, 4) is 23.0 Å². The van der Waals surface area contributed by atoms with E-state index < -0.39 is 0 Å². The summed E-state index contributed by atoms with van der Waals surface area (Å²) in [6, 6.07) is 9.50. The Hall–Kier alpha value is -2.89. The fraction of sp³-hybridized carbons (Fsp3) is 0.381. The number of carbonyl (C=O) groups is 1. The fourth-order valence-electron chi connectivity index (χ4n) is 3.47. The van der Waals surface area contributed by atoms with Crippen LogP contribution in [-0.4, -0.2) is 33.3 Å². The molecule has 0 bridgehead atoms. The Balaban J connectivity index is 2.16. The Morgan fingerprint density at radius 1 is 0.963 bits per heavy atom. The van der Waals surface area contributed by atoms with Crippen LogP contribution in [0.25, 0.3) is 0 Å². The summed E-state index contributed by atoms with van der Waals surface area (Å²) < 4.78 is 22.5. The van der Waals surface area contributed by atoms with Crippen LogP contribution >= 0.6 is 0 Å². The molecule has 0 saturated heterocycles. The number of hydrogen-bond acceptors (Lipinski definition) is 5. The second-order valence-corrected chi connectivity index (χ2v) is 6.14. The van der Waals surface area contributed by atoms with E-state index >= 15 is 0 Å². The standard InChI is InChI=1S/C21H25NO5/c1-5-26-18-10-15-14(13-8-7-9-17(24-3)21(13)25-4)11-20(23)22-16(15)12-19(18)27-6-2/h7-10,12,14H,5-6,11H2,1-4H3,(H,22,23)/t14-/m1/s1. The number of rotatable bonds is 7. The summed E-state index contributed by atoms with van der Waals surface area (Å²) in [5, 5.41) is 2.95. The molecule has 6 nitrogen and oxygen atoms in total. The highest BCUT2D eigenvalue weighted by atomic mass is 16.5. The SMILES string of the molecule is CCOc1cc2c(cc1OCC)[C@@H](c1cccc(OC)c1OC)CC(=O)N2. The van der Waals surface area contributed by atoms with Gasteiger partial charge in [0.15, 0.2) is 23.0 Å². The molecule has 6 heteroatoms. The molecule has 0 fully saturated rings. The van der Waals surface area contributed by atoms with Crippen molar-refractivity contribution in [3.63, 3.8) is 0 Å². The second kappa shape index (κ2) is 8.20. The van der Waals surface area contributed by atoms with Gasteiger partial charge in [-0.2, -0.15) is 0 Å². The maximum absolute atomic E-state index is 12.4. The largest absolute Gasteiger partial charge is 0.493 e. The predicted octanol–water partition coefficient (Wildman–Crippen LogP) is 3.98. The van der Waals surface area contributed by atoms with Gasteiger partial charge in [0.05, 0.1) is 27.4 Å². The Bertz CT molecular complexity index is 834. The number of ether oxygens (including phenoxy) is 4. The van der Waals surface area contributed by atoms with Gasteiger partial charge in [0.25, 0.3) is 0 Å². The molecule has 3 rings (SSSR count). The molecule has 144 valence electrons. The molecule has 1 N–H and O–H groups in total. The Morgan fingerprint density at radius 2 is 1.67 bits per heavy atom. The van der Waals surface area contributed by atoms with E-state index in [4.69, 9.17) is 18.9 Å². The number of hydrogen-bond donors (Lipinski definition) is 1. The quantitative estimate of drug-likeness (QED) is 0.798. The summed E-state index contributed by atoms with van der Waals surface area (Å²) in [4.78, 5) is 12.4. The average Bonchev–Trinajstić information content (AvgIpc) is 2.67. The number of fused-ring (bicyclic) bond motifs is 1.